The van der Waals surface area contributed by atoms with Gasteiger partial charge in [0, 0.05) is 6.54 Å². The largest absolute Gasteiger partial charge is 0.378 e. The summed E-state index contributed by atoms with van der Waals surface area (Å²) in [5, 5.41) is 3.28. The molecule has 0 aliphatic rings. The second-order valence-electron chi connectivity index (χ2n) is 5.73. The van der Waals surface area contributed by atoms with Gasteiger partial charge in [0.05, 0.1) is 78.8 Å². The van der Waals surface area contributed by atoms with Gasteiger partial charge >= 0.3 is 0 Å². The van der Waals surface area contributed by atoms with Crippen LogP contribution in [0.1, 0.15) is 27.2 Å². The molecule has 0 aromatic heterocycles. The minimum atomic E-state index is 0.251. The molecule has 7 nitrogen and oxygen atoms in total. The van der Waals surface area contributed by atoms with Gasteiger partial charge in [0.15, 0.2) is 0 Å². The van der Waals surface area contributed by atoms with Gasteiger partial charge < -0.3 is 33.7 Å². The van der Waals surface area contributed by atoms with Crippen molar-refractivity contribution in [3.8, 4) is 0 Å². The van der Waals surface area contributed by atoms with Gasteiger partial charge in [-0.1, -0.05) is 6.92 Å². The van der Waals surface area contributed by atoms with Crippen molar-refractivity contribution in [3.05, 3.63) is 0 Å². The smallest absolute Gasteiger partial charge is 0.0703 e. The highest BCUT2D eigenvalue weighted by Gasteiger charge is 1.95. The number of hydrogen-bond donors (Lipinski definition) is 1. The molecule has 0 bridgehead atoms. The van der Waals surface area contributed by atoms with Crippen LogP contribution >= 0.6 is 0 Å². The number of ether oxygens (including phenoxy) is 6. The fraction of sp³-hybridized carbons (Fsp3) is 1.00. The molecule has 0 radical (unpaired) electrons. The molecule has 0 spiro atoms. The van der Waals surface area contributed by atoms with Gasteiger partial charge in [0.25, 0.3) is 0 Å². The van der Waals surface area contributed by atoms with E-state index in [9.17, 15) is 0 Å². The van der Waals surface area contributed by atoms with Crippen molar-refractivity contribution in [2.45, 2.75) is 33.3 Å². The minimum Gasteiger partial charge on any atom is -0.378 e. The van der Waals surface area contributed by atoms with E-state index in [0.717, 1.165) is 26.1 Å². The number of rotatable bonds is 21. The van der Waals surface area contributed by atoms with Crippen LogP contribution in [-0.2, 0) is 28.4 Å². The van der Waals surface area contributed by atoms with E-state index >= 15 is 0 Å². The van der Waals surface area contributed by atoms with E-state index in [1.54, 1.807) is 0 Å². The molecular formula is C18H39NO6. The third-order valence-electron chi connectivity index (χ3n) is 3.02. The van der Waals surface area contributed by atoms with E-state index in [-0.39, 0.29) is 6.10 Å². The molecule has 0 atom stereocenters. The predicted octanol–water partition coefficient (Wildman–Crippen LogP) is 1.49. The molecule has 0 fully saturated rings. The molecule has 0 aliphatic heterocycles. The molecule has 152 valence electrons. The fourth-order valence-corrected chi connectivity index (χ4v) is 1.77. The van der Waals surface area contributed by atoms with Crippen molar-refractivity contribution in [2.24, 2.45) is 0 Å². The quantitative estimate of drug-likeness (QED) is 0.309. The van der Waals surface area contributed by atoms with Crippen LogP contribution < -0.4 is 5.32 Å². The molecule has 0 aliphatic carbocycles. The molecule has 0 heterocycles. The standard InChI is InChI=1S/C18H39NO6/c1-4-5-19-6-7-20-8-9-21-10-11-22-12-13-23-14-15-24-16-17-25-18(2)3/h18-19H,4-17H2,1-3H3. The molecule has 7 heteroatoms. The first-order valence-corrected chi connectivity index (χ1v) is 9.48. The van der Waals surface area contributed by atoms with Gasteiger partial charge in [-0.15, -0.1) is 0 Å². The van der Waals surface area contributed by atoms with E-state index in [4.69, 9.17) is 28.4 Å². The van der Waals surface area contributed by atoms with Gasteiger partial charge in [-0.3, -0.25) is 0 Å². The van der Waals surface area contributed by atoms with E-state index in [1.165, 1.54) is 0 Å². The van der Waals surface area contributed by atoms with Crippen molar-refractivity contribution in [1.82, 2.24) is 5.32 Å². The summed E-state index contributed by atoms with van der Waals surface area (Å²) in [7, 11) is 0. The zero-order chi connectivity index (χ0) is 18.4. The lowest BCUT2D eigenvalue weighted by Crippen LogP contribution is -2.21. The van der Waals surface area contributed by atoms with Gasteiger partial charge in [-0.25, -0.2) is 0 Å². The monoisotopic (exact) mass is 365 g/mol. The van der Waals surface area contributed by atoms with E-state index in [2.05, 4.69) is 12.2 Å². The van der Waals surface area contributed by atoms with Crippen LogP contribution in [0.25, 0.3) is 0 Å². The molecule has 0 amide bonds. The first-order valence-electron chi connectivity index (χ1n) is 9.48. The number of hydrogen-bond acceptors (Lipinski definition) is 7. The highest BCUT2D eigenvalue weighted by atomic mass is 16.6. The highest BCUT2D eigenvalue weighted by molar-refractivity contribution is 4.43. The molecule has 0 aromatic rings. The number of nitrogens with one attached hydrogen (secondary N) is 1. The lowest BCUT2D eigenvalue weighted by atomic mass is 10.5. The molecule has 0 rings (SSSR count). The Morgan fingerprint density at radius 2 is 0.960 bits per heavy atom. The van der Waals surface area contributed by atoms with Gasteiger partial charge in [0.2, 0.25) is 0 Å². The van der Waals surface area contributed by atoms with Crippen molar-refractivity contribution in [2.75, 3.05) is 85.8 Å². The van der Waals surface area contributed by atoms with Gasteiger partial charge in [0.1, 0.15) is 0 Å². The van der Waals surface area contributed by atoms with Crippen LogP contribution in [0.4, 0.5) is 0 Å². The first kappa shape index (κ1) is 24.7. The maximum Gasteiger partial charge on any atom is 0.0703 e. The van der Waals surface area contributed by atoms with Crippen LogP contribution in [-0.4, -0.2) is 91.9 Å². The summed E-state index contributed by atoms with van der Waals surface area (Å²) in [5.41, 5.74) is 0. The summed E-state index contributed by atoms with van der Waals surface area (Å²) in [4.78, 5) is 0. The lowest BCUT2D eigenvalue weighted by molar-refractivity contribution is -0.0211. The van der Waals surface area contributed by atoms with E-state index < -0.39 is 0 Å². The molecule has 0 aromatic carbocycles. The van der Waals surface area contributed by atoms with Crippen molar-refractivity contribution in [3.63, 3.8) is 0 Å². The molecule has 1 N–H and O–H groups in total. The third-order valence-corrected chi connectivity index (χ3v) is 3.02. The van der Waals surface area contributed by atoms with Crippen LogP contribution in [0, 0.1) is 0 Å². The van der Waals surface area contributed by atoms with E-state index in [1.807, 2.05) is 13.8 Å². The second-order valence-corrected chi connectivity index (χ2v) is 5.73. The van der Waals surface area contributed by atoms with Crippen LogP contribution in [0.5, 0.6) is 0 Å². The molecule has 0 saturated heterocycles. The second kappa shape index (κ2) is 21.8. The van der Waals surface area contributed by atoms with Crippen molar-refractivity contribution >= 4 is 0 Å². The average molecular weight is 366 g/mol. The SMILES string of the molecule is CCCNCCOCCOCCOCCOCCOCCOC(C)C. The zero-order valence-corrected chi connectivity index (χ0v) is 16.4. The summed E-state index contributed by atoms with van der Waals surface area (Å²) in [5.74, 6) is 0. The highest BCUT2D eigenvalue weighted by Crippen LogP contribution is 1.88. The van der Waals surface area contributed by atoms with E-state index in [0.29, 0.717) is 66.1 Å². The summed E-state index contributed by atoms with van der Waals surface area (Å²) < 4.78 is 32.4. The van der Waals surface area contributed by atoms with Gasteiger partial charge in [-0.2, -0.15) is 0 Å². The Labute approximate surface area is 153 Å². The summed E-state index contributed by atoms with van der Waals surface area (Å²) >= 11 is 0. The Hall–Kier alpha value is -0.280. The first-order chi connectivity index (χ1) is 12.3. The minimum absolute atomic E-state index is 0.251. The maximum absolute atomic E-state index is 5.43. The summed E-state index contributed by atoms with van der Waals surface area (Å²) in [6.45, 7) is 14.7. The Kier molecular flexibility index (Phi) is 21.5. The van der Waals surface area contributed by atoms with Crippen LogP contribution in [0.2, 0.25) is 0 Å². The lowest BCUT2D eigenvalue weighted by Gasteiger charge is -2.09. The molecule has 0 saturated carbocycles. The topological polar surface area (TPSA) is 67.4 Å². The average Bonchev–Trinajstić information content (AvgIpc) is 2.60. The fourth-order valence-electron chi connectivity index (χ4n) is 1.77. The summed E-state index contributed by atoms with van der Waals surface area (Å²) in [6.07, 6.45) is 1.40. The Bertz CT molecular complexity index is 244. The Morgan fingerprint density at radius 1 is 0.560 bits per heavy atom. The van der Waals surface area contributed by atoms with Gasteiger partial charge in [-0.05, 0) is 26.8 Å². The normalized spacial score (nSPS) is 11.5. The van der Waals surface area contributed by atoms with Crippen molar-refractivity contribution in [1.29, 1.82) is 0 Å². The predicted molar refractivity (Wildman–Crippen MR) is 98.3 cm³/mol. The Balaban J connectivity index is 2.96. The molecule has 25 heavy (non-hydrogen) atoms. The van der Waals surface area contributed by atoms with Crippen molar-refractivity contribution < 1.29 is 28.4 Å². The molecular weight excluding hydrogens is 326 g/mol. The summed E-state index contributed by atoms with van der Waals surface area (Å²) in [6, 6.07) is 0. The maximum atomic E-state index is 5.43. The van der Waals surface area contributed by atoms with Crippen LogP contribution in [0.3, 0.4) is 0 Å². The third kappa shape index (κ3) is 23.7. The Morgan fingerprint density at radius 3 is 1.36 bits per heavy atom. The molecule has 0 unspecified atom stereocenters. The van der Waals surface area contributed by atoms with Crippen LogP contribution in [0.15, 0.2) is 0 Å². The zero-order valence-electron chi connectivity index (χ0n) is 16.4.